The molecule has 5 aliphatic carbocycles. The van der Waals surface area contributed by atoms with Crippen LogP contribution < -0.4 is 0 Å². The Labute approximate surface area is 594 Å². The Balaban J connectivity index is 0.936. The van der Waals surface area contributed by atoms with Crippen LogP contribution in [0.15, 0.2) is 147 Å². The minimum absolute atomic E-state index is 0.0308. The summed E-state index contributed by atoms with van der Waals surface area (Å²) in [6.45, 7) is 0. The number of hydrogen-bond donors (Lipinski definition) is 0. The van der Waals surface area contributed by atoms with Gasteiger partial charge in [0.1, 0.15) is 33.5 Å². The Morgan fingerprint density at radius 2 is 0.481 bits per heavy atom. The van der Waals surface area contributed by atoms with E-state index in [0.717, 1.165) is 39.9 Å². The highest BCUT2D eigenvalue weighted by atomic mass is 16.3. The van der Waals surface area contributed by atoms with Crippen molar-refractivity contribution in [1.82, 2.24) is 0 Å². The normalized spacial score (nSPS) is 17.4. The van der Waals surface area contributed by atoms with E-state index in [0.29, 0.717) is 0 Å². The Hall–Kier alpha value is -13.9. The predicted octanol–water partition coefficient (Wildman–Crippen LogP) is 30.0. The van der Waals surface area contributed by atoms with Crippen LogP contribution in [-0.2, 0) is 6.42 Å². The molecule has 0 aliphatic heterocycles. The highest BCUT2D eigenvalue weighted by molar-refractivity contribution is 6.74. The number of hydrogen-bond acceptors (Lipinski definition) is 3. The maximum absolute atomic E-state index is 7.68. The van der Waals surface area contributed by atoms with Crippen molar-refractivity contribution in [1.29, 1.82) is 0 Å². The molecule has 3 nitrogen and oxygen atoms in total. The van der Waals surface area contributed by atoms with Crippen molar-refractivity contribution in [2.45, 2.75) is 18.3 Å². The summed E-state index contributed by atoms with van der Waals surface area (Å²) in [5.74, 6) is 0.100. The first kappa shape index (κ1) is 44.7. The second-order valence-corrected chi connectivity index (χ2v) is 36.2. The molecule has 108 heavy (non-hydrogen) atoms. The Morgan fingerprint density at radius 1 is 0.167 bits per heavy atom. The zero-order valence-corrected chi connectivity index (χ0v) is 55.8. The van der Waals surface area contributed by atoms with Gasteiger partial charge in [0.05, 0.1) is 0 Å². The zero-order chi connectivity index (χ0) is 65.7. The Kier molecular flexibility index (Phi) is 4.91. The summed E-state index contributed by atoms with van der Waals surface area (Å²) in [6, 6.07) is 55.2. The van der Waals surface area contributed by atoms with Gasteiger partial charge in [-0.05, 0) is 409 Å². The topological polar surface area (TPSA) is 39.4 Å². The summed E-state index contributed by atoms with van der Waals surface area (Å²) in [6.07, 6.45) is 0.934. The van der Waals surface area contributed by atoms with Crippen molar-refractivity contribution in [3.05, 3.63) is 167 Å². The van der Waals surface area contributed by atoms with Crippen LogP contribution in [0, 0.1) is 0 Å². The molecule has 0 fully saturated rings. The van der Waals surface area contributed by atoms with E-state index in [-0.39, 0.29) is 11.8 Å². The largest absolute Gasteiger partial charge is 0.456 e. The molecule has 0 spiro atoms. The van der Waals surface area contributed by atoms with Gasteiger partial charge in [-0.2, -0.15) is 0 Å². The van der Waals surface area contributed by atoms with Crippen LogP contribution in [0.2, 0.25) is 0 Å². The van der Waals surface area contributed by atoms with Gasteiger partial charge in [0.15, 0.2) is 0 Å². The molecule has 0 saturated carbocycles. The minimum Gasteiger partial charge on any atom is -0.456 e. The number of benzene rings is 34. The molecule has 5 aliphatic rings. The van der Waals surface area contributed by atoms with E-state index in [1.54, 1.807) is 65.5 Å². The molecule has 0 N–H and O–H groups in total. The van der Waals surface area contributed by atoms with Crippen LogP contribution in [0.1, 0.15) is 45.2 Å². The summed E-state index contributed by atoms with van der Waals surface area (Å²) in [5.41, 5.74) is 18.6. The van der Waals surface area contributed by atoms with Crippen molar-refractivity contribution in [3.63, 3.8) is 0 Å². The van der Waals surface area contributed by atoms with Crippen molar-refractivity contribution in [2.24, 2.45) is 0 Å². The maximum atomic E-state index is 7.68. The van der Waals surface area contributed by atoms with Gasteiger partial charge < -0.3 is 13.3 Å². The second kappa shape index (κ2) is 11.9. The van der Waals surface area contributed by atoms with Gasteiger partial charge in [-0.15, -0.1) is 0 Å². The van der Waals surface area contributed by atoms with Crippen molar-refractivity contribution in [3.8, 4) is 11.1 Å². The lowest BCUT2D eigenvalue weighted by Gasteiger charge is -2.47. The van der Waals surface area contributed by atoms with E-state index in [4.69, 9.17) is 13.3 Å². The third kappa shape index (κ3) is 3.24. The second-order valence-electron chi connectivity index (χ2n) is 36.2. The highest BCUT2D eigenvalue weighted by Gasteiger charge is 2.54. The van der Waals surface area contributed by atoms with E-state index in [2.05, 4.69) is 133 Å². The van der Waals surface area contributed by atoms with Crippen molar-refractivity contribution >= 4 is 389 Å². The summed E-state index contributed by atoms with van der Waals surface area (Å²) in [5, 5.41) is 94.6. The van der Waals surface area contributed by atoms with E-state index in [9.17, 15) is 0 Å². The van der Waals surface area contributed by atoms with Gasteiger partial charge in [-0.25, -0.2) is 0 Å². The van der Waals surface area contributed by atoms with Crippen molar-refractivity contribution in [2.75, 3.05) is 0 Å². The standard InChI is InChI=1S/C105H26O3/c1-3-30-36-18-29-17-26-9-12-34-35-13-14-44-66-59(35)81-80-58(34)50(26)71-53(29)73-60(36)75-63-39(21-45-67(75)54(30)42(5-1)106-45)38-20-27-15-24-7-10-32-33-11-8-25-16-28-19-37-31-4-2-6-43-55(31)68-46(107-43)22-40-41-23-47(108-44)69(66)77-65(41)85-84-64(40)76(68)61(37)74-52(28)70-49(25)57(33)79-78-56(32)48(24)51(27)72-62(38)82-83(63)89(73)97-87(71)93(80)101-99(91(77)81)95(85)103-96(90(74)84)86(70)92(79)100-98(88(72)78)94(82)102(97)105(101)104(100)103/h1-14,16-23,88,98H,15H2. The first-order valence-electron chi connectivity index (χ1n) is 39.2. The fourth-order valence-electron chi connectivity index (χ4n) is 31.5. The predicted molar refractivity (Wildman–Crippen MR) is 454 cm³/mol. The Bertz CT molecular complexity index is 11400. The lowest BCUT2D eigenvalue weighted by molar-refractivity contribution is 0.669. The number of fused-ring (bicyclic) bond motifs is 6. The molecule has 0 amide bonds. The van der Waals surface area contributed by atoms with Crippen LogP contribution in [0.4, 0.5) is 0 Å². The van der Waals surface area contributed by atoms with Gasteiger partial charge in [-0.3, -0.25) is 0 Å². The summed E-state index contributed by atoms with van der Waals surface area (Å²) < 4.78 is 22.6. The average molecular weight is 1340 g/mol. The molecule has 464 valence electrons. The molecule has 0 radical (unpaired) electrons. The lowest BCUT2D eigenvalue weighted by atomic mass is 9.54. The summed E-state index contributed by atoms with van der Waals surface area (Å²) in [4.78, 5) is 0. The molecule has 34 aromatic carbocycles. The molecule has 0 bridgehead atoms. The van der Waals surface area contributed by atoms with Gasteiger partial charge in [0.25, 0.3) is 0 Å². The minimum atomic E-state index is 0.0308. The first-order valence-corrected chi connectivity index (χ1v) is 39.2. The molecule has 37 aromatic rings. The maximum Gasteiger partial charge on any atom is 0.136 e. The summed E-state index contributed by atoms with van der Waals surface area (Å²) >= 11 is 0. The van der Waals surface area contributed by atoms with Crippen LogP contribution in [0.3, 0.4) is 0 Å². The number of rotatable bonds is 0. The van der Waals surface area contributed by atoms with E-state index in [1.807, 2.05) is 0 Å². The molecule has 3 aromatic heterocycles. The van der Waals surface area contributed by atoms with E-state index >= 15 is 0 Å². The molecule has 3 heterocycles. The summed E-state index contributed by atoms with van der Waals surface area (Å²) in [7, 11) is 0. The van der Waals surface area contributed by atoms with Gasteiger partial charge in [0.2, 0.25) is 0 Å². The van der Waals surface area contributed by atoms with Crippen LogP contribution in [0.5, 0.6) is 0 Å². The average Bonchev–Trinajstić information content (AvgIpc) is 0.786. The third-order valence-corrected chi connectivity index (χ3v) is 33.6. The monoisotopic (exact) mass is 1330 g/mol. The van der Waals surface area contributed by atoms with Crippen LogP contribution >= 0.6 is 0 Å². The molecule has 3 heteroatoms. The fourth-order valence-corrected chi connectivity index (χ4v) is 31.5. The van der Waals surface area contributed by atoms with E-state index < -0.39 is 0 Å². The van der Waals surface area contributed by atoms with Gasteiger partial charge in [0, 0.05) is 81.9 Å². The smallest absolute Gasteiger partial charge is 0.136 e. The first-order chi connectivity index (χ1) is 53.7. The number of furan rings is 3. The molecular weight excluding hydrogens is 1310 g/mol. The fraction of sp³-hybridized carbons (Fsp3) is 0.0286. The van der Waals surface area contributed by atoms with Crippen LogP contribution in [0.25, 0.3) is 400 Å². The Morgan fingerprint density at radius 3 is 1.04 bits per heavy atom. The lowest BCUT2D eigenvalue weighted by Crippen LogP contribution is -2.27. The molecule has 0 saturated heterocycles. The SMILES string of the molecule is c1cc2oc3cc4c5cc6c7c8c5c5c9c%10c%11c%12c%13c%14c%15c(c%16c-7c(ccc%16c7ccc%16cc%17cc%18c%19cccc%20oc%21cc%22c%23cc%24oc%25ccc%26c%27ccc%28cc%29cc%30c(c1)c2c3c1c4c5c2c%10c3c(c%28c%27c4c5c%26c%25c%24c%10c%23c%23c%24c%22c(c%21c%20%19)c%18c%18c%17c(c%16c7%15)c%14c(c%12c%23c(c%11c43)c%105)c%18%24)c%29c2c%301)C6)C8C9%13. The molecule has 2 atom stereocenters. The van der Waals surface area contributed by atoms with Gasteiger partial charge in [-0.1, -0.05) is 60.7 Å². The zero-order valence-electron chi connectivity index (χ0n) is 55.8. The molecule has 42 rings (SSSR count). The van der Waals surface area contributed by atoms with E-state index in [1.165, 1.54) is 334 Å². The third-order valence-electron chi connectivity index (χ3n) is 33.6. The highest BCUT2D eigenvalue weighted by Crippen LogP contribution is 2.78. The molecule has 2 unspecified atom stereocenters. The quantitative estimate of drug-likeness (QED) is 0.112. The van der Waals surface area contributed by atoms with Crippen molar-refractivity contribution < 1.29 is 13.3 Å². The van der Waals surface area contributed by atoms with Gasteiger partial charge >= 0.3 is 0 Å². The van der Waals surface area contributed by atoms with Crippen LogP contribution in [-0.4, -0.2) is 0 Å². The molecular formula is C105H26O3.